The van der Waals surface area contributed by atoms with Gasteiger partial charge in [-0.15, -0.1) is 0 Å². The number of hydrogen-bond acceptors (Lipinski definition) is 2. The van der Waals surface area contributed by atoms with Crippen molar-refractivity contribution >= 4 is 5.97 Å². The predicted molar refractivity (Wildman–Crippen MR) is 74.3 cm³/mol. The Morgan fingerprint density at radius 1 is 1.17 bits per heavy atom. The minimum Gasteiger partial charge on any atom is -0.460 e. The third-order valence-electron chi connectivity index (χ3n) is 2.81. The molecule has 0 aliphatic rings. The molecule has 1 unspecified atom stereocenters. The average Bonchev–Trinajstić information content (AvgIpc) is 2.24. The zero-order valence-corrected chi connectivity index (χ0v) is 12.1. The van der Waals surface area contributed by atoms with Crippen LogP contribution in [-0.2, 0) is 16.0 Å². The highest BCUT2D eigenvalue weighted by molar-refractivity contribution is 5.73. The molecule has 0 aliphatic heterocycles. The smallest absolute Gasteiger partial charge is 0.310 e. The van der Waals surface area contributed by atoms with Crippen LogP contribution in [0.2, 0.25) is 0 Å². The minimum absolute atomic E-state index is 0.0772. The Hall–Kier alpha value is -1.31. The van der Waals surface area contributed by atoms with Crippen molar-refractivity contribution in [3.05, 3.63) is 35.9 Å². The second-order valence-corrected chi connectivity index (χ2v) is 6.07. The summed E-state index contributed by atoms with van der Waals surface area (Å²) in [6.07, 6.45) is 0.743. The summed E-state index contributed by atoms with van der Waals surface area (Å²) in [6.45, 7) is 9.86. The second-order valence-electron chi connectivity index (χ2n) is 6.07. The molecule has 0 aromatic heterocycles. The molecule has 0 aliphatic carbocycles. The zero-order valence-electron chi connectivity index (χ0n) is 12.1. The number of rotatable bonds is 4. The van der Waals surface area contributed by atoms with Gasteiger partial charge in [0.25, 0.3) is 0 Å². The molecule has 0 bridgehead atoms. The van der Waals surface area contributed by atoms with E-state index in [2.05, 4.69) is 26.0 Å². The Bertz CT molecular complexity index is 374. The van der Waals surface area contributed by atoms with E-state index in [4.69, 9.17) is 4.74 Å². The van der Waals surface area contributed by atoms with E-state index in [0.717, 1.165) is 6.42 Å². The summed E-state index contributed by atoms with van der Waals surface area (Å²) in [6, 6.07) is 10.1. The van der Waals surface area contributed by atoms with Gasteiger partial charge in [-0.05, 0) is 38.7 Å². The minimum atomic E-state index is -0.416. The summed E-state index contributed by atoms with van der Waals surface area (Å²) in [5.41, 5.74) is 0.767. The number of ether oxygens (including phenoxy) is 1. The van der Waals surface area contributed by atoms with Crippen molar-refractivity contribution in [3.8, 4) is 0 Å². The highest BCUT2D eigenvalue weighted by Crippen LogP contribution is 2.21. The third kappa shape index (κ3) is 4.91. The van der Waals surface area contributed by atoms with Gasteiger partial charge in [-0.2, -0.15) is 0 Å². The number of benzene rings is 1. The van der Waals surface area contributed by atoms with Crippen molar-refractivity contribution in [3.63, 3.8) is 0 Å². The van der Waals surface area contributed by atoms with Gasteiger partial charge in [0.05, 0.1) is 5.92 Å². The largest absolute Gasteiger partial charge is 0.460 e. The lowest BCUT2D eigenvalue weighted by Gasteiger charge is -2.26. The van der Waals surface area contributed by atoms with Crippen molar-refractivity contribution in [2.75, 3.05) is 0 Å². The van der Waals surface area contributed by atoms with Crippen LogP contribution in [0.15, 0.2) is 30.3 Å². The molecule has 0 saturated heterocycles. The van der Waals surface area contributed by atoms with Gasteiger partial charge in [0.1, 0.15) is 5.60 Å². The standard InChI is InChI=1S/C16H24O2/c1-12(2)14(15(17)18-16(3,4)5)11-13-9-7-6-8-10-13/h6-10,12,14H,11H2,1-5H3. The van der Waals surface area contributed by atoms with Gasteiger partial charge in [-0.25, -0.2) is 0 Å². The van der Waals surface area contributed by atoms with Crippen LogP contribution in [0.3, 0.4) is 0 Å². The Balaban J connectivity index is 2.75. The van der Waals surface area contributed by atoms with E-state index in [1.165, 1.54) is 5.56 Å². The van der Waals surface area contributed by atoms with Crippen LogP contribution >= 0.6 is 0 Å². The molecule has 0 amide bonds. The van der Waals surface area contributed by atoms with Crippen LogP contribution in [0, 0.1) is 11.8 Å². The van der Waals surface area contributed by atoms with Gasteiger partial charge in [0.2, 0.25) is 0 Å². The fraction of sp³-hybridized carbons (Fsp3) is 0.562. The lowest BCUT2D eigenvalue weighted by atomic mass is 9.89. The summed E-state index contributed by atoms with van der Waals surface area (Å²) < 4.78 is 5.49. The van der Waals surface area contributed by atoms with E-state index in [-0.39, 0.29) is 17.8 Å². The SMILES string of the molecule is CC(C)C(Cc1ccccc1)C(=O)OC(C)(C)C. The number of carbonyl (C=O) groups is 1. The van der Waals surface area contributed by atoms with Gasteiger partial charge < -0.3 is 4.74 Å². The quantitative estimate of drug-likeness (QED) is 0.757. The van der Waals surface area contributed by atoms with Crippen LogP contribution in [0.25, 0.3) is 0 Å². The highest BCUT2D eigenvalue weighted by atomic mass is 16.6. The van der Waals surface area contributed by atoms with Gasteiger partial charge in [0.15, 0.2) is 0 Å². The molecule has 100 valence electrons. The summed E-state index contributed by atoms with van der Waals surface area (Å²) in [5.74, 6) is 0.105. The number of esters is 1. The fourth-order valence-electron chi connectivity index (χ4n) is 1.84. The van der Waals surface area contributed by atoms with E-state index in [9.17, 15) is 4.79 Å². The summed E-state index contributed by atoms with van der Waals surface area (Å²) >= 11 is 0. The first kappa shape index (κ1) is 14.7. The summed E-state index contributed by atoms with van der Waals surface area (Å²) in [7, 11) is 0. The van der Waals surface area contributed by atoms with E-state index in [0.29, 0.717) is 0 Å². The Morgan fingerprint density at radius 2 is 1.72 bits per heavy atom. The van der Waals surface area contributed by atoms with Gasteiger partial charge in [-0.1, -0.05) is 44.2 Å². The van der Waals surface area contributed by atoms with Crippen molar-refractivity contribution in [2.45, 2.75) is 46.6 Å². The average molecular weight is 248 g/mol. The Morgan fingerprint density at radius 3 is 2.17 bits per heavy atom. The third-order valence-corrected chi connectivity index (χ3v) is 2.81. The maximum absolute atomic E-state index is 12.2. The van der Waals surface area contributed by atoms with Crippen LogP contribution in [0.1, 0.15) is 40.2 Å². The molecule has 0 saturated carbocycles. The molecular weight excluding hydrogens is 224 g/mol. The van der Waals surface area contributed by atoms with Crippen molar-refractivity contribution in [1.82, 2.24) is 0 Å². The molecule has 1 aromatic rings. The molecular formula is C16H24O2. The normalized spacial score (nSPS) is 13.4. The summed E-state index contributed by atoms with van der Waals surface area (Å²) in [5, 5.41) is 0. The van der Waals surface area contributed by atoms with Crippen LogP contribution < -0.4 is 0 Å². The lowest BCUT2D eigenvalue weighted by Crippen LogP contribution is -2.32. The molecule has 2 heteroatoms. The van der Waals surface area contributed by atoms with Gasteiger partial charge >= 0.3 is 5.97 Å². The molecule has 0 fully saturated rings. The first-order valence-corrected chi connectivity index (χ1v) is 6.56. The molecule has 1 rings (SSSR count). The first-order chi connectivity index (χ1) is 8.29. The molecule has 2 nitrogen and oxygen atoms in total. The highest BCUT2D eigenvalue weighted by Gasteiger charge is 2.27. The predicted octanol–water partition coefficient (Wildman–Crippen LogP) is 3.84. The molecule has 1 aromatic carbocycles. The van der Waals surface area contributed by atoms with E-state index in [1.807, 2.05) is 39.0 Å². The Kier molecular flexibility index (Phi) is 4.94. The summed E-state index contributed by atoms with van der Waals surface area (Å²) in [4.78, 5) is 12.2. The molecule has 1 atom stereocenters. The first-order valence-electron chi connectivity index (χ1n) is 6.56. The molecule has 0 spiro atoms. The molecule has 18 heavy (non-hydrogen) atoms. The Labute approximate surface area is 110 Å². The van der Waals surface area contributed by atoms with E-state index in [1.54, 1.807) is 0 Å². The van der Waals surface area contributed by atoms with E-state index >= 15 is 0 Å². The van der Waals surface area contributed by atoms with Crippen molar-refractivity contribution < 1.29 is 9.53 Å². The molecule has 0 heterocycles. The van der Waals surface area contributed by atoms with Gasteiger partial charge in [0, 0.05) is 0 Å². The van der Waals surface area contributed by atoms with Gasteiger partial charge in [-0.3, -0.25) is 4.79 Å². The number of carbonyl (C=O) groups excluding carboxylic acids is 1. The van der Waals surface area contributed by atoms with Crippen molar-refractivity contribution in [2.24, 2.45) is 11.8 Å². The zero-order chi connectivity index (χ0) is 13.8. The van der Waals surface area contributed by atoms with Crippen LogP contribution in [-0.4, -0.2) is 11.6 Å². The van der Waals surface area contributed by atoms with Crippen molar-refractivity contribution in [1.29, 1.82) is 0 Å². The van der Waals surface area contributed by atoms with Crippen LogP contribution in [0.4, 0.5) is 0 Å². The maximum atomic E-state index is 12.2. The lowest BCUT2D eigenvalue weighted by molar-refractivity contribution is -0.161. The topological polar surface area (TPSA) is 26.3 Å². The maximum Gasteiger partial charge on any atom is 0.310 e. The molecule has 0 N–H and O–H groups in total. The van der Waals surface area contributed by atoms with E-state index < -0.39 is 5.60 Å². The second kappa shape index (κ2) is 6.03. The number of hydrogen-bond donors (Lipinski definition) is 0. The monoisotopic (exact) mass is 248 g/mol. The van der Waals surface area contributed by atoms with Crippen LogP contribution in [0.5, 0.6) is 0 Å². The fourth-order valence-corrected chi connectivity index (χ4v) is 1.84. The molecule has 0 radical (unpaired) electrons.